The predicted octanol–water partition coefficient (Wildman–Crippen LogP) is 6.03. The van der Waals surface area contributed by atoms with Crippen molar-refractivity contribution in [3.8, 4) is 17.2 Å². The molecule has 0 unspecified atom stereocenters. The van der Waals surface area contributed by atoms with Gasteiger partial charge in [0.2, 0.25) is 5.89 Å². The Balaban J connectivity index is 1.42. The van der Waals surface area contributed by atoms with E-state index in [0.717, 1.165) is 17.7 Å². The first kappa shape index (κ1) is 22.5. The number of carbonyl (C=O) groups excluding carboxylic acids is 1. The Morgan fingerprint density at radius 1 is 1.03 bits per heavy atom. The molecule has 1 amide bonds. The van der Waals surface area contributed by atoms with Gasteiger partial charge in [0, 0.05) is 16.8 Å². The van der Waals surface area contributed by atoms with E-state index in [4.69, 9.17) is 21.4 Å². The fraction of sp³-hybridized carbons (Fsp3) is 0.192. The Hall–Kier alpha value is -3.71. The number of aryl methyl sites for hydroxylation is 2. The van der Waals surface area contributed by atoms with Gasteiger partial charge in [0.25, 0.3) is 5.91 Å². The number of benzene rings is 3. The zero-order valence-electron chi connectivity index (χ0n) is 18.8. The largest absolute Gasteiger partial charge is 0.494 e. The van der Waals surface area contributed by atoms with Crippen molar-refractivity contribution in [3.63, 3.8) is 0 Å². The molecule has 0 aliphatic carbocycles. The summed E-state index contributed by atoms with van der Waals surface area (Å²) in [7, 11) is 0. The molecular formula is C26H25N3O3S. The molecule has 1 heterocycles. The minimum atomic E-state index is -0.297. The number of rotatable bonds is 6. The number of carbonyl (C=O) groups is 1. The Morgan fingerprint density at radius 3 is 2.55 bits per heavy atom. The number of ether oxygens (including phenoxy) is 1. The lowest BCUT2D eigenvalue weighted by Crippen LogP contribution is -2.34. The zero-order valence-corrected chi connectivity index (χ0v) is 19.6. The molecule has 4 rings (SSSR count). The molecule has 0 aliphatic heterocycles. The number of thiocarbonyl (C=S) groups is 1. The van der Waals surface area contributed by atoms with E-state index in [1.165, 1.54) is 11.1 Å². The lowest BCUT2D eigenvalue weighted by atomic mass is 10.1. The molecule has 2 N–H and O–H groups in total. The average molecular weight is 460 g/mol. The molecule has 1 aromatic heterocycles. The Kier molecular flexibility index (Phi) is 6.70. The summed E-state index contributed by atoms with van der Waals surface area (Å²) in [5.41, 5.74) is 5.90. The van der Waals surface area contributed by atoms with Gasteiger partial charge >= 0.3 is 0 Å². The van der Waals surface area contributed by atoms with Gasteiger partial charge in [0.15, 0.2) is 10.7 Å². The minimum Gasteiger partial charge on any atom is -0.494 e. The quantitative estimate of drug-likeness (QED) is 0.343. The first-order valence-corrected chi connectivity index (χ1v) is 11.2. The molecular weight excluding hydrogens is 434 g/mol. The fourth-order valence-corrected chi connectivity index (χ4v) is 3.47. The van der Waals surface area contributed by atoms with Crippen LogP contribution in [0.2, 0.25) is 0 Å². The second-order valence-corrected chi connectivity index (χ2v) is 8.19. The van der Waals surface area contributed by atoms with Gasteiger partial charge in [-0.3, -0.25) is 10.1 Å². The minimum absolute atomic E-state index is 0.198. The van der Waals surface area contributed by atoms with E-state index in [2.05, 4.69) is 41.6 Å². The van der Waals surface area contributed by atoms with Crippen LogP contribution in [0.1, 0.15) is 34.8 Å². The van der Waals surface area contributed by atoms with Crippen molar-refractivity contribution in [1.82, 2.24) is 10.3 Å². The van der Waals surface area contributed by atoms with Gasteiger partial charge < -0.3 is 14.5 Å². The maximum Gasteiger partial charge on any atom is 0.257 e. The number of hydrogen-bond acceptors (Lipinski definition) is 5. The van der Waals surface area contributed by atoms with Crippen LogP contribution in [0.5, 0.6) is 5.75 Å². The van der Waals surface area contributed by atoms with Crippen molar-refractivity contribution in [3.05, 3.63) is 77.4 Å². The maximum atomic E-state index is 12.5. The van der Waals surface area contributed by atoms with Crippen LogP contribution < -0.4 is 15.4 Å². The number of aromatic nitrogens is 1. The van der Waals surface area contributed by atoms with Crippen molar-refractivity contribution in [1.29, 1.82) is 0 Å². The van der Waals surface area contributed by atoms with Gasteiger partial charge in [-0.15, -0.1) is 0 Å². The number of fused-ring (bicyclic) bond motifs is 1. The monoisotopic (exact) mass is 459 g/mol. The molecule has 0 spiro atoms. The highest BCUT2D eigenvalue weighted by molar-refractivity contribution is 7.80. The number of amides is 1. The van der Waals surface area contributed by atoms with Crippen molar-refractivity contribution in [2.24, 2.45) is 0 Å². The average Bonchev–Trinajstić information content (AvgIpc) is 3.23. The SMILES string of the molecule is CCCOc1ccc(C(=O)NC(=S)Nc2ccc3oc(-c4ccc(C)c(C)c4)nc3c2)cc1. The molecule has 168 valence electrons. The third kappa shape index (κ3) is 5.38. The highest BCUT2D eigenvalue weighted by Crippen LogP contribution is 2.27. The molecule has 3 aromatic carbocycles. The lowest BCUT2D eigenvalue weighted by molar-refractivity contribution is 0.0977. The third-order valence-electron chi connectivity index (χ3n) is 5.22. The van der Waals surface area contributed by atoms with E-state index >= 15 is 0 Å². The Morgan fingerprint density at radius 2 is 1.82 bits per heavy atom. The van der Waals surface area contributed by atoms with Crippen molar-refractivity contribution >= 4 is 40.0 Å². The number of nitrogens with one attached hydrogen (secondary N) is 2. The molecule has 33 heavy (non-hydrogen) atoms. The van der Waals surface area contributed by atoms with Crippen molar-refractivity contribution in [2.45, 2.75) is 27.2 Å². The van der Waals surface area contributed by atoms with Crippen LogP contribution in [-0.2, 0) is 0 Å². The van der Waals surface area contributed by atoms with Crippen LogP contribution in [0.4, 0.5) is 5.69 Å². The van der Waals surface area contributed by atoms with E-state index < -0.39 is 0 Å². The first-order chi connectivity index (χ1) is 15.9. The molecule has 0 saturated carbocycles. The molecule has 0 bridgehead atoms. The Labute approximate surface area is 198 Å². The normalized spacial score (nSPS) is 10.8. The van der Waals surface area contributed by atoms with E-state index in [-0.39, 0.29) is 11.0 Å². The summed E-state index contributed by atoms with van der Waals surface area (Å²) in [4.78, 5) is 17.1. The van der Waals surface area contributed by atoms with Crippen molar-refractivity contribution in [2.75, 3.05) is 11.9 Å². The van der Waals surface area contributed by atoms with Gasteiger partial charge in [-0.2, -0.15) is 0 Å². The second kappa shape index (κ2) is 9.83. The lowest BCUT2D eigenvalue weighted by Gasteiger charge is -2.10. The number of anilines is 1. The summed E-state index contributed by atoms with van der Waals surface area (Å²) in [6, 6.07) is 18.6. The molecule has 0 radical (unpaired) electrons. The molecule has 0 fully saturated rings. The van der Waals surface area contributed by atoms with Crippen molar-refractivity contribution < 1.29 is 13.9 Å². The molecule has 0 atom stereocenters. The summed E-state index contributed by atoms with van der Waals surface area (Å²) >= 11 is 5.31. The number of hydrogen-bond donors (Lipinski definition) is 2. The highest BCUT2D eigenvalue weighted by atomic mass is 32.1. The van der Waals surface area contributed by atoms with Gasteiger partial charge in [-0.25, -0.2) is 4.98 Å². The maximum absolute atomic E-state index is 12.5. The topological polar surface area (TPSA) is 76.4 Å². The first-order valence-electron chi connectivity index (χ1n) is 10.8. The number of oxazole rings is 1. The Bertz CT molecular complexity index is 1310. The van der Waals surface area contributed by atoms with Crippen LogP contribution in [0.15, 0.2) is 65.1 Å². The smallest absolute Gasteiger partial charge is 0.257 e. The summed E-state index contributed by atoms with van der Waals surface area (Å²) in [5, 5.41) is 5.93. The standard InChI is InChI=1S/C26H25N3O3S/c1-4-13-31-21-10-7-18(8-11-21)24(30)29-26(33)27-20-9-12-23-22(15-20)28-25(32-23)19-6-5-16(2)17(3)14-19/h5-12,14-15H,4,13H2,1-3H3,(H2,27,29,30,33). The fourth-order valence-electron chi connectivity index (χ4n) is 3.26. The van der Waals surface area contributed by atoms with Crippen LogP contribution in [0, 0.1) is 13.8 Å². The molecule has 7 heteroatoms. The summed E-state index contributed by atoms with van der Waals surface area (Å²) in [6.07, 6.45) is 0.926. The summed E-state index contributed by atoms with van der Waals surface area (Å²) < 4.78 is 11.5. The predicted molar refractivity (Wildman–Crippen MR) is 135 cm³/mol. The van der Waals surface area contributed by atoms with Gasteiger partial charge in [0.05, 0.1) is 6.61 Å². The second-order valence-electron chi connectivity index (χ2n) is 7.78. The third-order valence-corrected chi connectivity index (χ3v) is 5.42. The molecule has 0 saturated heterocycles. The number of nitrogens with zero attached hydrogens (tertiary/aromatic N) is 1. The van der Waals surface area contributed by atoms with Gasteiger partial charge in [0.1, 0.15) is 11.3 Å². The molecule has 0 aliphatic rings. The highest BCUT2D eigenvalue weighted by Gasteiger charge is 2.12. The summed E-state index contributed by atoms with van der Waals surface area (Å²) in [6.45, 7) is 6.82. The van der Waals surface area contributed by atoms with E-state index in [1.54, 1.807) is 24.3 Å². The van der Waals surface area contributed by atoms with Gasteiger partial charge in [-0.1, -0.05) is 13.0 Å². The zero-order chi connectivity index (χ0) is 23.4. The van der Waals surface area contributed by atoms with E-state index in [1.807, 2.05) is 31.2 Å². The van der Waals surface area contributed by atoms with Crippen LogP contribution in [-0.4, -0.2) is 22.6 Å². The molecule has 6 nitrogen and oxygen atoms in total. The van der Waals surface area contributed by atoms with E-state index in [9.17, 15) is 4.79 Å². The van der Waals surface area contributed by atoms with E-state index in [0.29, 0.717) is 34.8 Å². The van der Waals surface area contributed by atoms with Crippen LogP contribution in [0.25, 0.3) is 22.6 Å². The van der Waals surface area contributed by atoms with Crippen LogP contribution in [0.3, 0.4) is 0 Å². The van der Waals surface area contributed by atoms with Crippen LogP contribution >= 0.6 is 12.2 Å². The summed E-state index contributed by atoms with van der Waals surface area (Å²) in [5.74, 6) is 0.997. The van der Waals surface area contributed by atoms with Gasteiger partial charge in [-0.05, 0) is 98.2 Å². The molecule has 4 aromatic rings.